The molecular formula is C18H17Cl2NO7S. The largest absolute Gasteiger partial charge is 0.479 e. The number of hydrogen-bond acceptors (Lipinski definition) is 8. The van der Waals surface area contributed by atoms with Gasteiger partial charge in [-0.1, -0.05) is 23.2 Å². The summed E-state index contributed by atoms with van der Waals surface area (Å²) >= 11 is 13.0. The van der Waals surface area contributed by atoms with Gasteiger partial charge in [0.25, 0.3) is 11.1 Å². The number of esters is 2. The molecule has 0 saturated carbocycles. The van der Waals surface area contributed by atoms with Crippen molar-refractivity contribution < 1.29 is 33.4 Å². The van der Waals surface area contributed by atoms with E-state index in [0.29, 0.717) is 17.3 Å². The first-order valence-electron chi connectivity index (χ1n) is 8.31. The van der Waals surface area contributed by atoms with Gasteiger partial charge in [-0.25, -0.2) is 9.59 Å². The zero-order valence-corrected chi connectivity index (χ0v) is 18.0. The molecule has 0 aliphatic carbocycles. The van der Waals surface area contributed by atoms with Crippen LogP contribution in [0.4, 0.5) is 4.79 Å². The van der Waals surface area contributed by atoms with Gasteiger partial charge >= 0.3 is 11.9 Å². The Morgan fingerprint density at radius 3 is 2.41 bits per heavy atom. The number of ether oxygens (including phenoxy) is 3. The molecule has 1 aromatic rings. The molecule has 29 heavy (non-hydrogen) atoms. The predicted octanol–water partition coefficient (Wildman–Crippen LogP) is 3.53. The lowest BCUT2D eigenvalue weighted by Crippen LogP contribution is -2.42. The quantitative estimate of drug-likeness (QED) is 0.448. The molecule has 156 valence electrons. The summed E-state index contributed by atoms with van der Waals surface area (Å²) in [5.41, 5.74) is 0.430. The number of hydrogen-bond donors (Lipinski definition) is 0. The van der Waals surface area contributed by atoms with Crippen molar-refractivity contribution >= 4 is 64.1 Å². The molecule has 0 spiro atoms. The maximum absolute atomic E-state index is 12.5. The Balaban J connectivity index is 2.22. The minimum absolute atomic E-state index is 0.0888. The lowest BCUT2D eigenvalue weighted by atomic mass is 10.2. The van der Waals surface area contributed by atoms with Gasteiger partial charge in [0.2, 0.25) is 0 Å². The number of carbonyl (C=O) groups is 4. The normalized spacial score (nSPS) is 16.2. The highest BCUT2D eigenvalue weighted by Gasteiger charge is 2.41. The minimum Gasteiger partial charge on any atom is -0.479 e. The maximum Gasteiger partial charge on any atom is 0.344 e. The lowest BCUT2D eigenvalue weighted by molar-refractivity contribution is -0.148. The van der Waals surface area contributed by atoms with E-state index in [1.165, 1.54) is 32.2 Å². The van der Waals surface area contributed by atoms with Crippen LogP contribution in [-0.4, -0.2) is 54.4 Å². The average Bonchev–Trinajstić information content (AvgIpc) is 2.93. The van der Waals surface area contributed by atoms with Gasteiger partial charge in [0.05, 0.1) is 28.7 Å². The van der Waals surface area contributed by atoms with Crippen LogP contribution in [0.5, 0.6) is 5.75 Å². The Bertz CT molecular complexity index is 864. The second-order valence-electron chi connectivity index (χ2n) is 5.66. The summed E-state index contributed by atoms with van der Waals surface area (Å²) in [5.74, 6) is -1.82. The van der Waals surface area contributed by atoms with Crippen LogP contribution in [0.3, 0.4) is 0 Å². The van der Waals surface area contributed by atoms with Crippen LogP contribution >= 0.6 is 35.0 Å². The average molecular weight is 462 g/mol. The van der Waals surface area contributed by atoms with E-state index < -0.39 is 29.1 Å². The third kappa shape index (κ3) is 5.43. The van der Waals surface area contributed by atoms with E-state index in [4.69, 9.17) is 32.7 Å². The second kappa shape index (κ2) is 10.00. The summed E-state index contributed by atoms with van der Waals surface area (Å²) in [7, 11) is 1.17. The number of benzene rings is 1. The second-order valence-corrected chi connectivity index (χ2v) is 7.47. The SMILES string of the molecule is CCOC(=O)COc1c(Cl)cc(/C=C2/SC(=O)N([C@@H](C)C(=O)OC)C2=O)cc1Cl. The van der Waals surface area contributed by atoms with Gasteiger partial charge in [0, 0.05) is 0 Å². The van der Waals surface area contributed by atoms with E-state index in [-0.39, 0.29) is 33.9 Å². The van der Waals surface area contributed by atoms with Crippen LogP contribution < -0.4 is 4.74 Å². The molecule has 0 aromatic heterocycles. The van der Waals surface area contributed by atoms with Crippen molar-refractivity contribution in [1.29, 1.82) is 0 Å². The number of amides is 2. The highest BCUT2D eigenvalue weighted by molar-refractivity contribution is 8.18. The third-order valence-electron chi connectivity index (χ3n) is 3.71. The zero-order valence-electron chi connectivity index (χ0n) is 15.7. The van der Waals surface area contributed by atoms with Crippen molar-refractivity contribution in [2.75, 3.05) is 20.3 Å². The molecule has 1 aromatic carbocycles. The van der Waals surface area contributed by atoms with E-state index >= 15 is 0 Å². The van der Waals surface area contributed by atoms with Crippen LogP contribution in [-0.2, 0) is 23.9 Å². The smallest absolute Gasteiger partial charge is 0.344 e. The fourth-order valence-corrected chi connectivity index (χ4v) is 3.90. The predicted molar refractivity (Wildman–Crippen MR) is 108 cm³/mol. The zero-order chi connectivity index (χ0) is 21.7. The standard InChI is InChI=1S/C18H17Cl2NO7S/c1-4-27-14(22)8-28-15-11(19)5-10(6-12(15)20)7-13-16(23)21(18(25)29-13)9(2)17(24)26-3/h5-7,9H,4,8H2,1-3H3/b13-7+/t9-/m0/s1. The molecule has 0 bridgehead atoms. The molecule has 0 N–H and O–H groups in total. The molecule has 11 heteroatoms. The summed E-state index contributed by atoms with van der Waals surface area (Å²) in [5, 5.41) is -0.379. The molecule has 1 heterocycles. The summed E-state index contributed by atoms with van der Waals surface area (Å²) in [4.78, 5) is 48.6. The van der Waals surface area contributed by atoms with E-state index in [1.807, 2.05) is 0 Å². The van der Waals surface area contributed by atoms with Gasteiger partial charge in [0.15, 0.2) is 12.4 Å². The molecule has 1 aliphatic heterocycles. The minimum atomic E-state index is -1.05. The molecular weight excluding hydrogens is 445 g/mol. The van der Waals surface area contributed by atoms with Gasteiger partial charge < -0.3 is 14.2 Å². The summed E-state index contributed by atoms with van der Waals surface area (Å²) in [6, 6.07) is 1.88. The van der Waals surface area contributed by atoms with E-state index in [9.17, 15) is 19.2 Å². The summed E-state index contributed by atoms with van der Waals surface area (Å²) < 4.78 is 14.6. The van der Waals surface area contributed by atoms with Crippen molar-refractivity contribution in [2.24, 2.45) is 0 Å². The van der Waals surface area contributed by atoms with E-state index in [1.54, 1.807) is 6.92 Å². The van der Waals surface area contributed by atoms with Crippen molar-refractivity contribution in [3.05, 3.63) is 32.6 Å². The molecule has 1 fully saturated rings. The highest BCUT2D eigenvalue weighted by Crippen LogP contribution is 2.38. The molecule has 2 rings (SSSR count). The number of thioether (sulfide) groups is 1. The summed E-state index contributed by atoms with van der Waals surface area (Å²) in [6.07, 6.45) is 1.42. The molecule has 1 saturated heterocycles. The Labute approximate surface area is 181 Å². The number of nitrogens with zero attached hydrogens (tertiary/aromatic N) is 1. The summed E-state index contributed by atoms with van der Waals surface area (Å²) in [6.45, 7) is 2.91. The first-order chi connectivity index (χ1) is 13.7. The lowest BCUT2D eigenvalue weighted by Gasteiger charge is -2.18. The van der Waals surface area contributed by atoms with Crippen LogP contribution in [0.25, 0.3) is 6.08 Å². The number of halogens is 2. The van der Waals surface area contributed by atoms with Crippen molar-refractivity contribution in [3.63, 3.8) is 0 Å². The number of rotatable bonds is 7. The van der Waals surface area contributed by atoms with Crippen LogP contribution in [0.2, 0.25) is 10.0 Å². The van der Waals surface area contributed by atoms with E-state index in [0.717, 1.165) is 4.90 Å². The number of carbonyl (C=O) groups excluding carboxylic acids is 4. The number of imide groups is 1. The highest BCUT2D eigenvalue weighted by atomic mass is 35.5. The Kier molecular flexibility index (Phi) is 7.95. The molecule has 1 aliphatic rings. The molecule has 2 amide bonds. The first kappa shape index (κ1) is 23.1. The fraction of sp³-hybridized carbons (Fsp3) is 0.333. The fourth-order valence-electron chi connectivity index (χ4n) is 2.38. The monoisotopic (exact) mass is 461 g/mol. The van der Waals surface area contributed by atoms with Gasteiger partial charge in [-0.05, 0) is 49.4 Å². The van der Waals surface area contributed by atoms with Crippen LogP contribution in [0.15, 0.2) is 17.0 Å². The van der Waals surface area contributed by atoms with Gasteiger partial charge in [-0.2, -0.15) is 0 Å². The van der Waals surface area contributed by atoms with Gasteiger partial charge in [0.1, 0.15) is 6.04 Å². The van der Waals surface area contributed by atoms with Gasteiger partial charge in [-0.15, -0.1) is 0 Å². The molecule has 0 radical (unpaired) electrons. The Morgan fingerprint density at radius 1 is 1.24 bits per heavy atom. The van der Waals surface area contributed by atoms with Crippen molar-refractivity contribution in [3.8, 4) is 5.75 Å². The van der Waals surface area contributed by atoms with Crippen molar-refractivity contribution in [1.82, 2.24) is 4.90 Å². The Hall–Kier alpha value is -2.23. The molecule has 8 nitrogen and oxygen atoms in total. The number of methoxy groups -OCH3 is 1. The Morgan fingerprint density at radius 2 is 1.86 bits per heavy atom. The first-order valence-corrected chi connectivity index (χ1v) is 9.89. The molecule has 1 atom stereocenters. The van der Waals surface area contributed by atoms with Crippen LogP contribution in [0, 0.1) is 0 Å². The van der Waals surface area contributed by atoms with Crippen LogP contribution in [0.1, 0.15) is 19.4 Å². The molecule has 0 unspecified atom stereocenters. The third-order valence-corrected chi connectivity index (χ3v) is 5.16. The van der Waals surface area contributed by atoms with Crippen molar-refractivity contribution in [2.45, 2.75) is 19.9 Å². The maximum atomic E-state index is 12.5. The van der Waals surface area contributed by atoms with E-state index in [2.05, 4.69) is 4.74 Å². The van der Waals surface area contributed by atoms with Gasteiger partial charge in [-0.3, -0.25) is 14.5 Å². The topological polar surface area (TPSA) is 99.2 Å².